The standard InChI is InChI=1S/C26H27ClN4O3/c1-5-34-23-12-18(9-10-20(23)17-7-6-8-19(27)11-17)26(33)31(4)25(16(3)32)22-13-28-15(2)21-14-29-30-24(21)22/h6-14,16,25,32H,5H2,1-4H3,(H,29,30)/t16-,25+/m0/s1. The molecule has 0 spiro atoms. The molecule has 8 heteroatoms. The molecule has 0 aliphatic rings. The summed E-state index contributed by atoms with van der Waals surface area (Å²) in [6.45, 7) is 5.89. The van der Waals surface area contributed by atoms with Gasteiger partial charge in [-0.05, 0) is 56.7 Å². The quantitative estimate of drug-likeness (QED) is 0.382. The molecule has 2 N–H and O–H groups in total. The molecule has 34 heavy (non-hydrogen) atoms. The molecule has 0 aliphatic carbocycles. The second-order valence-electron chi connectivity index (χ2n) is 8.21. The molecule has 7 nitrogen and oxygen atoms in total. The number of fused-ring (bicyclic) bond motifs is 1. The number of carbonyl (C=O) groups is 1. The summed E-state index contributed by atoms with van der Waals surface area (Å²) >= 11 is 6.18. The molecule has 4 rings (SSSR count). The highest BCUT2D eigenvalue weighted by Gasteiger charge is 2.30. The van der Waals surface area contributed by atoms with E-state index in [1.54, 1.807) is 38.5 Å². The Morgan fingerprint density at radius 3 is 2.74 bits per heavy atom. The summed E-state index contributed by atoms with van der Waals surface area (Å²) in [6, 6.07) is 12.2. The largest absolute Gasteiger partial charge is 0.493 e. The molecule has 0 bridgehead atoms. The van der Waals surface area contributed by atoms with E-state index in [4.69, 9.17) is 16.3 Å². The average Bonchev–Trinajstić information content (AvgIpc) is 3.31. The van der Waals surface area contributed by atoms with Gasteiger partial charge in [0.15, 0.2) is 0 Å². The van der Waals surface area contributed by atoms with Gasteiger partial charge in [-0.3, -0.25) is 14.9 Å². The number of aromatic amines is 1. The van der Waals surface area contributed by atoms with Gasteiger partial charge in [0.05, 0.1) is 30.5 Å². The van der Waals surface area contributed by atoms with Crippen molar-refractivity contribution >= 4 is 28.4 Å². The molecule has 2 aromatic carbocycles. The van der Waals surface area contributed by atoms with Crippen molar-refractivity contribution in [3.8, 4) is 16.9 Å². The smallest absolute Gasteiger partial charge is 0.254 e. The van der Waals surface area contributed by atoms with Crippen LogP contribution < -0.4 is 4.74 Å². The molecule has 2 heterocycles. The van der Waals surface area contributed by atoms with E-state index in [9.17, 15) is 9.90 Å². The molecule has 0 unspecified atom stereocenters. The van der Waals surface area contributed by atoms with Gasteiger partial charge in [-0.1, -0.05) is 23.7 Å². The number of rotatable bonds is 7. The van der Waals surface area contributed by atoms with Crippen LogP contribution in [0.25, 0.3) is 22.0 Å². The number of amides is 1. The predicted octanol–water partition coefficient (Wildman–Crippen LogP) is 5.18. The predicted molar refractivity (Wildman–Crippen MR) is 133 cm³/mol. The fraction of sp³-hybridized carbons (Fsp3) is 0.269. The highest BCUT2D eigenvalue weighted by atomic mass is 35.5. The zero-order valence-corrected chi connectivity index (χ0v) is 20.3. The van der Waals surface area contributed by atoms with Crippen LogP contribution in [0.2, 0.25) is 5.02 Å². The van der Waals surface area contributed by atoms with E-state index in [2.05, 4.69) is 15.2 Å². The van der Waals surface area contributed by atoms with Crippen LogP contribution in [0.15, 0.2) is 54.9 Å². The minimum Gasteiger partial charge on any atom is -0.493 e. The Labute approximate surface area is 203 Å². The average molecular weight is 479 g/mol. The Bertz CT molecular complexity index is 1330. The molecule has 2 aromatic heterocycles. The molecule has 0 saturated heterocycles. The number of halogens is 1. The first-order chi connectivity index (χ1) is 16.3. The first-order valence-corrected chi connectivity index (χ1v) is 11.5. The van der Waals surface area contributed by atoms with Crippen molar-refractivity contribution in [2.75, 3.05) is 13.7 Å². The van der Waals surface area contributed by atoms with Gasteiger partial charge in [-0.25, -0.2) is 0 Å². The molecule has 0 saturated carbocycles. The van der Waals surface area contributed by atoms with Gasteiger partial charge < -0.3 is 14.7 Å². The maximum atomic E-state index is 13.6. The molecule has 4 aromatic rings. The fourth-order valence-electron chi connectivity index (χ4n) is 4.25. The third kappa shape index (κ3) is 4.49. The van der Waals surface area contributed by atoms with E-state index in [1.165, 1.54) is 4.90 Å². The number of benzene rings is 2. The maximum Gasteiger partial charge on any atom is 0.254 e. The van der Waals surface area contributed by atoms with Crippen molar-refractivity contribution in [3.05, 3.63) is 76.7 Å². The number of aromatic nitrogens is 3. The van der Waals surface area contributed by atoms with E-state index in [0.717, 1.165) is 27.7 Å². The lowest BCUT2D eigenvalue weighted by molar-refractivity contribution is 0.0493. The van der Waals surface area contributed by atoms with Gasteiger partial charge in [0.2, 0.25) is 0 Å². The number of hydrogen-bond donors (Lipinski definition) is 2. The van der Waals surface area contributed by atoms with Crippen LogP contribution in [-0.4, -0.2) is 50.9 Å². The van der Waals surface area contributed by atoms with E-state index in [0.29, 0.717) is 28.5 Å². The highest BCUT2D eigenvalue weighted by Crippen LogP contribution is 2.34. The Morgan fingerprint density at radius 1 is 1.24 bits per heavy atom. The van der Waals surface area contributed by atoms with Crippen LogP contribution in [-0.2, 0) is 0 Å². The summed E-state index contributed by atoms with van der Waals surface area (Å²) in [5, 5.41) is 19.3. The first-order valence-electron chi connectivity index (χ1n) is 11.1. The van der Waals surface area contributed by atoms with Gasteiger partial charge in [0.25, 0.3) is 5.91 Å². The van der Waals surface area contributed by atoms with E-state index in [1.807, 2.05) is 44.2 Å². The van der Waals surface area contributed by atoms with Crippen molar-refractivity contribution in [1.29, 1.82) is 0 Å². The van der Waals surface area contributed by atoms with Crippen molar-refractivity contribution in [2.45, 2.75) is 32.9 Å². The van der Waals surface area contributed by atoms with Crippen molar-refractivity contribution in [2.24, 2.45) is 0 Å². The molecule has 0 aliphatic heterocycles. The summed E-state index contributed by atoms with van der Waals surface area (Å²) in [5.41, 5.74) is 4.47. The van der Waals surface area contributed by atoms with Crippen LogP contribution >= 0.6 is 11.6 Å². The molecule has 0 fully saturated rings. The van der Waals surface area contributed by atoms with Crippen molar-refractivity contribution < 1.29 is 14.6 Å². The topological polar surface area (TPSA) is 91.3 Å². The third-order valence-corrected chi connectivity index (χ3v) is 6.13. The van der Waals surface area contributed by atoms with Crippen LogP contribution in [0, 0.1) is 6.92 Å². The lowest BCUT2D eigenvalue weighted by Crippen LogP contribution is -2.37. The zero-order valence-electron chi connectivity index (χ0n) is 19.5. The number of pyridine rings is 1. The molecular weight excluding hydrogens is 452 g/mol. The van der Waals surface area contributed by atoms with Crippen LogP contribution in [0.3, 0.4) is 0 Å². The Morgan fingerprint density at radius 2 is 2.03 bits per heavy atom. The second kappa shape index (κ2) is 9.83. The lowest BCUT2D eigenvalue weighted by atomic mass is 9.98. The van der Waals surface area contributed by atoms with Crippen LogP contribution in [0.1, 0.15) is 41.5 Å². The fourth-order valence-corrected chi connectivity index (χ4v) is 4.44. The number of nitrogens with one attached hydrogen (secondary N) is 1. The summed E-state index contributed by atoms with van der Waals surface area (Å²) in [7, 11) is 1.67. The normalized spacial score (nSPS) is 13.0. The number of aliphatic hydroxyl groups excluding tert-OH is 1. The number of hydrogen-bond acceptors (Lipinski definition) is 5. The number of likely N-dealkylation sites (N-methyl/N-ethyl adjacent to an activating group) is 1. The first kappa shape index (κ1) is 23.7. The van der Waals surface area contributed by atoms with Gasteiger partial charge in [-0.15, -0.1) is 0 Å². The Balaban J connectivity index is 1.72. The minimum absolute atomic E-state index is 0.252. The monoisotopic (exact) mass is 478 g/mol. The van der Waals surface area contributed by atoms with Gasteiger partial charge in [-0.2, -0.15) is 5.10 Å². The Kier molecular flexibility index (Phi) is 6.86. The molecular formula is C26H27ClN4O3. The highest BCUT2D eigenvalue weighted by molar-refractivity contribution is 6.30. The van der Waals surface area contributed by atoms with E-state index >= 15 is 0 Å². The van der Waals surface area contributed by atoms with E-state index < -0.39 is 12.1 Å². The molecule has 1 amide bonds. The SMILES string of the molecule is CCOc1cc(C(=O)N(C)[C@@H](c2cnc(C)c3cn[nH]c23)[C@H](C)O)ccc1-c1cccc(Cl)c1. The number of H-pyrrole nitrogens is 1. The van der Waals surface area contributed by atoms with Gasteiger partial charge in [0.1, 0.15) is 5.75 Å². The minimum atomic E-state index is -0.845. The van der Waals surface area contributed by atoms with Gasteiger partial charge >= 0.3 is 0 Å². The number of carbonyl (C=O) groups excluding carboxylic acids is 1. The summed E-state index contributed by atoms with van der Waals surface area (Å²) in [6.07, 6.45) is 2.54. The Hall–Kier alpha value is -3.42. The van der Waals surface area contributed by atoms with Crippen molar-refractivity contribution in [1.82, 2.24) is 20.1 Å². The van der Waals surface area contributed by atoms with E-state index in [-0.39, 0.29) is 5.91 Å². The summed E-state index contributed by atoms with van der Waals surface area (Å²) < 4.78 is 5.87. The number of aryl methyl sites for hydroxylation is 1. The van der Waals surface area contributed by atoms with Crippen LogP contribution in [0.5, 0.6) is 5.75 Å². The number of nitrogens with zero attached hydrogens (tertiary/aromatic N) is 3. The maximum absolute atomic E-state index is 13.6. The molecule has 2 atom stereocenters. The van der Waals surface area contributed by atoms with Crippen molar-refractivity contribution in [3.63, 3.8) is 0 Å². The summed E-state index contributed by atoms with van der Waals surface area (Å²) in [5.74, 6) is 0.336. The number of aliphatic hydroxyl groups is 1. The molecule has 176 valence electrons. The van der Waals surface area contributed by atoms with Crippen LogP contribution in [0.4, 0.5) is 0 Å². The second-order valence-corrected chi connectivity index (χ2v) is 8.65. The van der Waals surface area contributed by atoms with Gasteiger partial charge in [0, 0.05) is 46.0 Å². The number of ether oxygens (including phenoxy) is 1. The summed E-state index contributed by atoms with van der Waals surface area (Å²) in [4.78, 5) is 19.5. The zero-order chi connectivity index (χ0) is 24.4. The lowest BCUT2D eigenvalue weighted by Gasteiger charge is -2.31. The third-order valence-electron chi connectivity index (χ3n) is 5.89. The molecule has 0 radical (unpaired) electrons.